The number of aromatic nitrogens is 2. The molecule has 1 N–H and O–H groups in total. The summed E-state index contributed by atoms with van der Waals surface area (Å²) in [6.07, 6.45) is 3.63. The van der Waals surface area contributed by atoms with Gasteiger partial charge in [-0.15, -0.1) is 0 Å². The third-order valence-electron chi connectivity index (χ3n) is 6.16. The van der Waals surface area contributed by atoms with Crippen LogP contribution >= 0.6 is 11.6 Å². The Kier molecular flexibility index (Phi) is 4.22. The number of halogens is 1. The second-order valence-corrected chi connectivity index (χ2v) is 8.32. The summed E-state index contributed by atoms with van der Waals surface area (Å²) in [4.78, 5) is 0. The monoisotopic (exact) mass is 394 g/mol. The maximum atomic E-state index is 11.5. The Hall–Kier alpha value is -2.30. The predicted octanol–water partition coefficient (Wildman–Crippen LogP) is 5.24. The molecule has 0 radical (unpaired) electrons. The Morgan fingerprint density at radius 3 is 2.61 bits per heavy atom. The number of aryl methyl sites for hydroxylation is 1. The van der Waals surface area contributed by atoms with Crippen LogP contribution in [0.25, 0.3) is 5.69 Å². The van der Waals surface area contributed by atoms with Gasteiger partial charge >= 0.3 is 0 Å². The molecule has 4 nitrogen and oxygen atoms in total. The maximum Gasteiger partial charge on any atom is 0.223 e. The van der Waals surface area contributed by atoms with Crippen LogP contribution in [0.2, 0.25) is 5.02 Å². The molecule has 1 aromatic heterocycles. The minimum Gasteiger partial charge on any atom is -0.445 e. The van der Waals surface area contributed by atoms with Crippen LogP contribution in [0.5, 0.6) is 5.88 Å². The Labute approximate surface area is 169 Å². The van der Waals surface area contributed by atoms with Gasteiger partial charge in [0.2, 0.25) is 11.7 Å². The lowest BCUT2D eigenvalue weighted by Gasteiger charge is -2.47. The summed E-state index contributed by atoms with van der Waals surface area (Å²) in [7, 11) is 0. The van der Waals surface area contributed by atoms with Crippen molar-refractivity contribution in [3.05, 3.63) is 76.4 Å². The van der Waals surface area contributed by atoms with Crippen molar-refractivity contribution >= 4 is 11.6 Å². The Morgan fingerprint density at radius 1 is 1.11 bits per heavy atom. The minimum absolute atomic E-state index is 0.00190. The third-order valence-corrected chi connectivity index (χ3v) is 6.41. The number of para-hydroxylation sites is 1. The number of nitrogens with zero attached hydrogens (tertiary/aromatic N) is 2. The van der Waals surface area contributed by atoms with Gasteiger partial charge < -0.3 is 9.84 Å². The first kappa shape index (κ1) is 17.8. The zero-order valence-electron chi connectivity index (χ0n) is 15.8. The van der Waals surface area contributed by atoms with E-state index in [9.17, 15) is 5.11 Å². The number of aliphatic hydroxyl groups is 1. The predicted molar refractivity (Wildman–Crippen MR) is 109 cm³/mol. The average molecular weight is 395 g/mol. The van der Waals surface area contributed by atoms with E-state index in [2.05, 4.69) is 12.1 Å². The molecule has 3 atom stereocenters. The molecule has 1 saturated carbocycles. The van der Waals surface area contributed by atoms with E-state index < -0.39 is 5.79 Å². The molecule has 5 rings (SSSR count). The van der Waals surface area contributed by atoms with Crippen molar-refractivity contribution < 1.29 is 9.84 Å². The van der Waals surface area contributed by atoms with Gasteiger partial charge in [0, 0.05) is 28.8 Å². The molecule has 3 aromatic rings. The van der Waals surface area contributed by atoms with E-state index in [1.807, 2.05) is 54.1 Å². The molecule has 0 saturated heterocycles. The van der Waals surface area contributed by atoms with Crippen molar-refractivity contribution in [3.63, 3.8) is 0 Å². The number of hydrogen-bond acceptors (Lipinski definition) is 3. The number of ether oxygens (including phenoxy) is 1. The summed E-state index contributed by atoms with van der Waals surface area (Å²) in [5.74, 6) is -0.482. The lowest BCUT2D eigenvalue weighted by molar-refractivity contribution is -0.211. The molecule has 0 unspecified atom stereocenters. The van der Waals surface area contributed by atoms with Crippen LogP contribution in [0.3, 0.4) is 0 Å². The molecule has 2 aromatic carbocycles. The molecular weight excluding hydrogens is 372 g/mol. The van der Waals surface area contributed by atoms with Gasteiger partial charge in [-0.25, -0.2) is 4.68 Å². The van der Waals surface area contributed by atoms with E-state index in [-0.39, 0.29) is 11.8 Å². The molecular formula is C23H23ClN2O2. The molecule has 144 valence electrons. The van der Waals surface area contributed by atoms with E-state index in [1.165, 1.54) is 0 Å². The van der Waals surface area contributed by atoms with Gasteiger partial charge in [-0.05, 0) is 49.6 Å². The van der Waals surface area contributed by atoms with Crippen molar-refractivity contribution in [1.29, 1.82) is 0 Å². The van der Waals surface area contributed by atoms with Gasteiger partial charge in [-0.1, -0.05) is 48.4 Å². The average Bonchev–Trinajstić information content (AvgIpc) is 3.03. The molecule has 1 aliphatic heterocycles. The summed E-state index contributed by atoms with van der Waals surface area (Å²) < 4.78 is 8.16. The highest BCUT2D eigenvalue weighted by atomic mass is 35.5. The SMILES string of the molecule is Cc1nn(-c2ccccc2)c2c1[C@H](c1ccc(Cl)cc1)[C@H]1CCCC[C@]1(O)O2. The Morgan fingerprint density at radius 2 is 1.86 bits per heavy atom. The highest BCUT2D eigenvalue weighted by Crippen LogP contribution is 2.54. The molecule has 1 fully saturated rings. The van der Waals surface area contributed by atoms with Crippen molar-refractivity contribution in [1.82, 2.24) is 9.78 Å². The Bertz CT molecular complexity index is 999. The van der Waals surface area contributed by atoms with Crippen molar-refractivity contribution in [2.45, 2.75) is 44.3 Å². The number of rotatable bonds is 2. The number of fused-ring (bicyclic) bond motifs is 2. The molecule has 2 heterocycles. The largest absolute Gasteiger partial charge is 0.445 e. The second kappa shape index (κ2) is 6.64. The maximum absolute atomic E-state index is 11.5. The standard InChI is InChI=1S/C23H23ClN2O2/c1-15-20-21(16-10-12-17(24)13-11-16)19-9-5-6-14-23(19,27)28-22(20)26(25-15)18-7-3-2-4-8-18/h2-4,7-8,10-13,19,21,27H,5-6,9,14H2,1H3/t19-,21-,23+/m1/s1. The Balaban J connectivity index is 1.73. The summed E-state index contributed by atoms with van der Waals surface area (Å²) >= 11 is 6.14. The molecule has 0 amide bonds. The lowest BCUT2D eigenvalue weighted by atomic mass is 9.68. The molecule has 5 heteroatoms. The summed E-state index contributed by atoms with van der Waals surface area (Å²) in [6, 6.07) is 17.9. The topological polar surface area (TPSA) is 47.3 Å². The van der Waals surface area contributed by atoms with Crippen LogP contribution in [0.15, 0.2) is 54.6 Å². The fourth-order valence-corrected chi connectivity index (χ4v) is 4.99. The van der Waals surface area contributed by atoms with E-state index in [1.54, 1.807) is 0 Å². The van der Waals surface area contributed by atoms with Crippen LogP contribution in [0.4, 0.5) is 0 Å². The fraction of sp³-hybridized carbons (Fsp3) is 0.348. The van der Waals surface area contributed by atoms with E-state index >= 15 is 0 Å². The molecule has 28 heavy (non-hydrogen) atoms. The minimum atomic E-state index is -1.17. The van der Waals surface area contributed by atoms with Crippen molar-refractivity contribution in [2.75, 3.05) is 0 Å². The van der Waals surface area contributed by atoms with Crippen LogP contribution in [0.1, 0.15) is 48.4 Å². The van der Waals surface area contributed by atoms with Gasteiger partial charge in [0.1, 0.15) is 0 Å². The fourth-order valence-electron chi connectivity index (χ4n) is 4.86. The smallest absolute Gasteiger partial charge is 0.223 e. The first-order chi connectivity index (χ1) is 13.6. The highest BCUT2D eigenvalue weighted by Gasteiger charge is 2.52. The van der Waals surface area contributed by atoms with Gasteiger partial charge in [-0.2, -0.15) is 5.10 Å². The van der Waals surface area contributed by atoms with Gasteiger partial charge in [-0.3, -0.25) is 0 Å². The number of benzene rings is 2. The van der Waals surface area contributed by atoms with Gasteiger partial charge in [0.15, 0.2) is 0 Å². The number of hydrogen-bond donors (Lipinski definition) is 1. The summed E-state index contributed by atoms with van der Waals surface area (Å²) in [5, 5.41) is 17.0. The zero-order valence-corrected chi connectivity index (χ0v) is 16.6. The van der Waals surface area contributed by atoms with Crippen LogP contribution in [0, 0.1) is 12.8 Å². The summed E-state index contributed by atoms with van der Waals surface area (Å²) in [5.41, 5.74) is 4.09. The van der Waals surface area contributed by atoms with E-state index in [0.29, 0.717) is 17.3 Å². The third kappa shape index (κ3) is 2.75. The summed E-state index contributed by atoms with van der Waals surface area (Å²) in [6.45, 7) is 2.03. The van der Waals surface area contributed by atoms with Gasteiger partial charge in [0.05, 0.1) is 11.4 Å². The quantitative estimate of drug-likeness (QED) is 0.646. The van der Waals surface area contributed by atoms with E-state index in [4.69, 9.17) is 21.4 Å². The molecule has 0 bridgehead atoms. The molecule has 0 spiro atoms. The molecule has 2 aliphatic rings. The van der Waals surface area contributed by atoms with Crippen molar-refractivity contribution in [3.8, 4) is 11.6 Å². The second-order valence-electron chi connectivity index (χ2n) is 7.88. The van der Waals surface area contributed by atoms with Crippen LogP contribution < -0.4 is 4.74 Å². The zero-order chi connectivity index (χ0) is 19.3. The first-order valence-electron chi connectivity index (χ1n) is 9.88. The highest BCUT2D eigenvalue weighted by molar-refractivity contribution is 6.30. The van der Waals surface area contributed by atoms with E-state index in [0.717, 1.165) is 41.8 Å². The van der Waals surface area contributed by atoms with Crippen LogP contribution in [-0.4, -0.2) is 20.7 Å². The molecule has 1 aliphatic carbocycles. The lowest BCUT2D eigenvalue weighted by Crippen LogP contribution is -2.51. The van der Waals surface area contributed by atoms with Crippen LogP contribution in [-0.2, 0) is 0 Å². The van der Waals surface area contributed by atoms with Crippen molar-refractivity contribution in [2.24, 2.45) is 5.92 Å². The first-order valence-corrected chi connectivity index (χ1v) is 10.3. The van der Waals surface area contributed by atoms with Gasteiger partial charge in [0.25, 0.3) is 0 Å². The normalized spacial score (nSPS) is 26.2.